The zero-order chi connectivity index (χ0) is 18.6. The lowest BCUT2D eigenvalue weighted by atomic mass is 10.2. The number of anilines is 1. The van der Waals surface area contributed by atoms with E-state index in [0.29, 0.717) is 5.56 Å². The lowest BCUT2D eigenvalue weighted by molar-refractivity contribution is 0.102. The van der Waals surface area contributed by atoms with Crippen LogP contribution in [-0.4, -0.2) is 10.9 Å². The molecular weight excluding hydrogens is 379 g/mol. The van der Waals surface area contributed by atoms with E-state index in [9.17, 15) is 9.18 Å². The summed E-state index contributed by atoms with van der Waals surface area (Å²) in [6, 6.07) is 21.3. The molecule has 1 aromatic heterocycles. The third-order valence-corrected chi connectivity index (χ3v) is 6.17. The number of hydrogen-bond donors (Lipinski definition) is 1. The molecule has 4 rings (SSSR count). The zero-order valence-corrected chi connectivity index (χ0v) is 15.8. The summed E-state index contributed by atoms with van der Waals surface area (Å²) in [6.07, 6.45) is 0. The third kappa shape index (κ3) is 4.35. The highest BCUT2D eigenvalue weighted by Gasteiger charge is 2.09. The molecule has 0 saturated carbocycles. The molecule has 27 heavy (non-hydrogen) atoms. The first kappa shape index (κ1) is 17.7. The van der Waals surface area contributed by atoms with Crippen LogP contribution in [0.25, 0.3) is 10.2 Å². The number of amides is 1. The highest BCUT2D eigenvalue weighted by atomic mass is 32.2. The number of carbonyl (C=O) groups is 1. The molecule has 0 aliphatic rings. The molecular formula is C21H15FN2OS2. The second-order valence-electron chi connectivity index (χ2n) is 5.90. The molecule has 0 spiro atoms. The topological polar surface area (TPSA) is 42.0 Å². The predicted molar refractivity (Wildman–Crippen MR) is 110 cm³/mol. The second-order valence-corrected chi connectivity index (χ2v) is 8.15. The quantitative estimate of drug-likeness (QED) is 0.423. The van der Waals surface area contributed by atoms with Crippen LogP contribution in [0.4, 0.5) is 10.1 Å². The van der Waals surface area contributed by atoms with Crippen molar-refractivity contribution in [1.29, 1.82) is 0 Å². The number of halogens is 1. The van der Waals surface area contributed by atoms with Crippen LogP contribution in [0.3, 0.4) is 0 Å². The van der Waals surface area contributed by atoms with E-state index in [1.807, 2.05) is 36.4 Å². The Hall–Kier alpha value is -2.70. The minimum Gasteiger partial charge on any atom is -0.322 e. The first-order valence-corrected chi connectivity index (χ1v) is 10.1. The smallest absolute Gasteiger partial charge is 0.255 e. The molecule has 0 fully saturated rings. The maximum atomic E-state index is 13.0. The van der Waals surface area contributed by atoms with Gasteiger partial charge in [-0.25, -0.2) is 9.37 Å². The van der Waals surface area contributed by atoms with Crippen molar-refractivity contribution in [3.8, 4) is 0 Å². The number of thioether (sulfide) groups is 1. The van der Waals surface area contributed by atoms with E-state index < -0.39 is 0 Å². The van der Waals surface area contributed by atoms with Crippen molar-refractivity contribution >= 4 is 44.9 Å². The maximum Gasteiger partial charge on any atom is 0.255 e. The van der Waals surface area contributed by atoms with Crippen molar-refractivity contribution in [2.75, 3.05) is 5.32 Å². The van der Waals surface area contributed by atoms with Crippen molar-refractivity contribution in [3.05, 3.63) is 89.7 Å². The minimum absolute atomic E-state index is 0.134. The highest BCUT2D eigenvalue weighted by molar-refractivity contribution is 8.00. The first-order valence-electron chi connectivity index (χ1n) is 8.32. The van der Waals surface area contributed by atoms with Crippen molar-refractivity contribution in [3.63, 3.8) is 0 Å². The monoisotopic (exact) mass is 394 g/mol. The lowest BCUT2D eigenvalue weighted by Gasteiger charge is -2.04. The Kier molecular flexibility index (Phi) is 5.18. The van der Waals surface area contributed by atoms with E-state index in [2.05, 4.69) is 10.3 Å². The normalized spacial score (nSPS) is 10.9. The Morgan fingerprint density at radius 3 is 2.59 bits per heavy atom. The molecule has 134 valence electrons. The van der Waals surface area contributed by atoms with Crippen LogP contribution in [-0.2, 0) is 5.75 Å². The van der Waals surface area contributed by atoms with Crippen molar-refractivity contribution in [1.82, 2.24) is 4.98 Å². The Labute approximate surface area is 164 Å². The van der Waals surface area contributed by atoms with Gasteiger partial charge in [0.25, 0.3) is 5.91 Å². The van der Waals surface area contributed by atoms with Gasteiger partial charge < -0.3 is 5.32 Å². The molecule has 0 saturated heterocycles. The molecule has 0 aliphatic heterocycles. The fourth-order valence-corrected chi connectivity index (χ4v) is 4.63. The Balaban J connectivity index is 1.46. The number of aromatic nitrogens is 1. The second kappa shape index (κ2) is 7.90. The number of rotatable bonds is 5. The molecule has 0 atom stereocenters. The average molecular weight is 394 g/mol. The molecule has 0 aliphatic carbocycles. The number of nitrogens with zero attached hydrogens (tertiary/aromatic N) is 1. The van der Waals surface area contributed by atoms with Gasteiger partial charge in [-0.15, -0.1) is 11.3 Å². The fourth-order valence-electron chi connectivity index (χ4n) is 2.56. The van der Waals surface area contributed by atoms with Crippen LogP contribution < -0.4 is 5.32 Å². The van der Waals surface area contributed by atoms with E-state index in [0.717, 1.165) is 31.6 Å². The number of carbonyl (C=O) groups excluding carboxylic acids is 1. The number of hydrogen-bond acceptors (Lipinski definition) is 4. The van der Waals surface area contributed by atoms with Crippen molar-refractivity contribution in [2.24, 2.45) is 0 Å². The summed E-state index contributed by atoms with van der Waals surface area (Å²) < 4.78 is 14.9. The van der Waals surface area contributed by atoms with Crippen LogP contribution in [0.1, 0.15) is 15.9 Å². The summed E-state index contributed by atoms with van der Waals surface area (Å²) in [5, 5.41) is 2.92. The Bertz CT molecular complexity index is 1080. The molecule has 6 heteroatoms. The summed E-state index contributed by atoms with van der Waals surface area (Å²) in [4.78, 5) is 16.9. The number of nitrogens with one attached hydrogen (secondary N) is 1. The van der Waals surface area contributed by atoms with E-state index in [1.54, 1.807) is 47.4 Å². The Morgan fingerprint density at radius 2 is 1.81 bits per heavy atom. The lowest BCUT2D eigenvalue weighted by Crippen LogP contribution is -2.11. The highest BCUT2D eigenvalue weighted by Crippen LogP contribution is 2.33. The van der Waals surface area contributed by atoms with Gasteiger partial charge in [-0.05, 0) is 48.0 Å². The number of fused-ring (bicyclic) bond motifs is 1. The number of thiazole rings is 1. The van der Waals surface area contributed by atoms with Gasteiger partial charge >= 0.3 is 0 Å². The standard InChI is InChI=1S/C21H15FN2OS2/c22-16-8-6-14(7-9-16)13-26-21-24-18-11-10-17(12-19(18)27-21)23-20(25)15-4-2-1-3-5-15/h1-12H,13H2,(H,23,25). The first-order chi connectivity index (χ1) is 13.2. The average Bonchev–Trinajstić information content (AvgIpc) is 3.10. The van der Waals surface area contributed by atoms with E-state index in [-0.39, 0.29) is 11.7 Å². The van der Waals surface area contributed by atoms with Gasteiger partial charge in [-0.3, -0.25) is 4.79 Å². The van der Waals surface area contributed by atoms with Gasteiger partial charge in [-0.1, -0.05) is 42.1 Å². The third-order valence-electron chi connectivity index (χ3n) is 3.94. The zero-order valence-electron chi connectivity index (χ0n) is 14.2. The van der Waals surface area contributed by atoms with Crippen LogP contribution in [0.15, 0.2) is 77.1 Å². The van der Waals surface area contributed by atoms with Gasteiger partial charge in [-0.2, -0.15) is 0 Å². The molecule has 3 nitrogen and oxygen atoms in total. The fraction of sp³-hybridized carbons (Fsp3) is 0.0476. The number of benzene rings is 3. The minimum atomic E-state index is -0.228. The van der Waals surface area contributed by atoms with Gasteiger partial charge in [0.15, 0.2) is 4.34 Å². The molecule has 4 aromatic rings. The summed E-state index contributed by atoms with van der Waals surface area (Å²) in [5.41, 5.74) is 3.32. The Morgan fingerprint density at radius 1 is 1.04 bits per heavy atom. The van der Waals surface area contributed by atoms with Gasteiger partial charge in [0, 0.05) is 17.0 Å². The van der Waals surface area contributed by atoms with Crippen LogP contribution in [0.2, 0.25) is 0 Å². The van der Waals surface area contributed by atoms with Crippen LogP contribution in [0.5, 0.6) is 0 Å². The predicted octanol–water partition coefficient (Wildman–Crippen LogP) is 5.98. The molecule has 0 bridgehead atoms. The summed E-state index contributed by atoms with van der Waals surface area (Å²) >= 11 is 3.20. The van der Waals surface area contributed by atoms with Crippen LogP contribution in [0, 0.1) is 5.82 Å². The van der Waals surface area contributed by atoms with E-state index >= 15 is 0 Å². The maximum absolute atomic E-state index is 13.0. The van der Waals surface area contributed by atoms with Crippen molar-refractivity contribution < 1.29 is 9.18 Å². The van der Waals surface area contributed by atoms with Crippen LogP contribution >= 0.6 is 23.1 Å². The molecule has 0 unspecified atom stereocenters. The van der Waals surface area contributed by atoms with E-state index in [1.165, 1.54) is 12.1 Å². The molecule has 3 aromatic carbocycles. The van der Waals surface area contributed by atoms with Gasteiger partial charge in [0.05, 0.1) is 10.2 Å². The van der Waals surface area contributed by atoms with Crippen molar-refractivity contribution in [2.45, 2.75) is 10.1 Å². The molecule has 1 N–H and O–H groups in total. The summed E-state index contributed by atoms with van der Waals surface area (Å²) in [7, 11) is 0. The summed E-state index contributed by atoms with van der Waals surface area (Å²) in [6.45, 7) is 0. The largest absolute Gasteiger partial charge is 0.322 e. The van der Waals surface area contributed by atoms with Gasteiger partial charge in [0.2, 0.25) is 0 Å². The van der Waals surface area contributed by atoms with E-state index in [4.69, 9.17) is 0 Å². The molecule has 0 radical (unpaired) electrons. The van der Waals surface area contributed by atoms with Gasteiger partial charge in [0.1, 0.15) is 5.82 Å². The summed E-state index contributed by atoms with van der Waals surface area (Å²) in [5.74, 6) is 0.372. The SMILES string of the molecule is O=C(Nc1ccc2nc(SCc3ccc(F)cc3)sc2c1)c1ccccc1. The molecule has 1 amide bonds. The molecule has 1 heterocycles.